The average molecular weight is 758 g/mol. The summed E-state index contributed by atoms with van der Waals surface area (Å²) in [6.07, 6.45) is 11.5. The van der Waals surface area contributed by atoms with Gasteiger partial charge in [-0.15, -0.1) is 58.5 Å². The van der Waals surface area contributed by atoms with Crippen molar-refractivity contribution in [1.82, 2.24) is 9.97 Å². The Morgan fingerprint density at radius 3 is 1.57 bits per heavy atom. The first-order valence-electron chi connectivity index (χ1n) is 15.7. The van der Waals surface area contributed by atoms with Crippen LogP contribution in [0.5, 0.6) is 23.0 Å². The maximum absolute atomic E-state index is 6.56. The number of unbranched alkanes of at least 4 members (excludes halogenated alkanes) is 2. The van der Waals surface area contributed by atoms with E-state index in [9.17, 15) is 0 Å². The van der Waals surface area contributed by atoms with E-state index in [4.69, 9.17) is 19.4 Å². The Hall–Kier alpha value is -3.69. The predicted molar refractivity (Wildman–Crippen MR) is 175 cm³/mol. The van der Waals surface area contributed by atoms with E-state index in [2.05, 4.69) is 93.6 Å². The van der Waals surface area contributed by atoms with Crippen molar-refractivity contribution in [3.8, 4) is 45.5 Å². The molecule has 0 saturated heterocycles. The van der Waals surface area contributed by atoms with Crippen LogP contribution in [0.2, 0.25) is 0 Å². The smallest absolute Gasteiger partial charge is 0.503 e. The molecule has 4 nitrogen and oxygen atoms in total. The molecule has 3 aromatic carbocycles. The van der Waals surface area contributed by atoms with Crippen molar-refractivity contribution in [2.75, 3.05) is 0 Å². The molecule has 2 aliphatic rings. The van der Waals surface area contributed by atoms with Gasteiger partial charge in [0.1, 0.15) is 11.5 Å². The summed E-state index contributed by atoms with van der Waals surface area (Å²) in [5.41, 5.74) is 10.6. The standard InChI is InChI=1S/C38H35BN2O2.Pt/c1-4-7-9-26-15-17-40-32(19-26)28-11-13-34-30(23-28)39-31-24-29(33-20-27(10-8-5-2)16-18-41-33)12-14-35(31)43-37-22-25(6-3)21-36(42-34)38(37)39;/h11-22H,4-10H2,1-3H3;/q-2;+2. The van der Waals surface area contributed by atoms with E-state index in [1.807, 2.05) is 12.4 Å². The predicted octanol–water partition coefficient (Wildman–Crippen LogP) is 7.38. The van der Waals surface area contributed by atoms with Crippen LogP contribution in [-0.2, 0) is 40.3 Å². The molecule has 2 aromatic heterocycles. The Kier molecular flexibility index (Phi) is 9.05. The zero-order valence-electron chi connectivity index (χ0n) is 25.5. The molecule has 222 valence electrons. The minimum Gasteiger partial charge on any atom is -0.503 e. The molecule has 7 rings (SSSR count). The van der Waals surface area contributed by atoms with E-state index in [0.29, 0.717) is 0 Å². The fourth-order valence-corrected chi connectivity index (χ4v) is 6.20. The number of nitrogens with zero attached hydrogens (tertiary/aromatic N) is 2. The van der Waals surface area contributed by atoms with Crippen molar-refractivity contribution in [1.29, 1.82) is 0 Å². The molecule has 44 heavy (non-hydrogen) atoms. The Morgan fingerprint density at radius 1 is 0.614 bits per heavy atom. The molecule has 6 heteroatoms. The molecule has 0 spiro atoms. The first-order valence-corrected chi connectivity index (χ1v) is 15.7. The van der Waals surface area contributed by atoms with Crippen molar-refractivity contribution in [2.45, 2.75) is 65.7 Å². The number of benzene rings is 3. The van der Waals surface area contributed by atoms with Gasteiger partial charge in [0.05, 0.1) is 0 Å². The fraction of sp³-hybridized carbons (Fsp3) is 0.263. The normalized spacial score (nSPS) is 12.3. The third-order valence-corrected chi connectivity index (χ3v) is 8.59. The van der Waals surface area contributed by atoms with Crippen LogP contribution in [0.1, 0.15) is 63.1 Å². The summed E-state index contributed by atoms with van der Waals surface area (Å²) in [7, 11) is 0. The number of aryl methyl sites for hydroxylation is 3. The largest absolute Gasteiger partial charge is 2.00 e. The second-order valence-electron chi connectivity index (χ2n) is 11.6. The molecule has 0 bridgehead atoms. The van der Waals surface area contributed by atoms with E-state index in [1.54, 1.807) is 0 Å². The maximum Gasteiger partial charge on any atom is 2.00 e. The maximum atomic E-state index is 6.56. The average Bonchev–Trinajstić information content (AvgIpc) is 3.05. The second-order valence-corrected chi connectivity index (χ2v) is 11.6. The van der Waals surface area contributed by atoms with Gasteiger partial charge in [-0.05, 0) is 73.3 Å². The quantitative estimate of drug-likeness (QED) is 0.114. The number of pyridine rings is 2. The summed E-state index contributed by atoms with van der Waals surface area (Å²) in [6.45, 7) is 6.47. The van der Waals surface area contributed by atoms with Crippen LogP contribution in [0.4, 0.5) is 0 Å². The van der Waals surface area contributed by atoms with Gasteiger partial charge < -0.3 is 19.4 Å². The van der Waals surface area contributed by atoms with Gasteiger partial charge in [0.2, 0.25) is 6.71 Å². The number of rotatable bonds is 9. The Bertz CT molecular complexity index is 1700. The second kappa shape index (κ2) is 13.1. The zero-order chi connectivity index (χ0) is 29.3. The minimum atomic E-state index is -0.130. The Balaban J connectivity index is 0.00000343. The molecular weight excluding hydrogens is 722 g/mol. The van der Waals surface area contributed by atoms with Gasteiger partial charge in [-0.3, -0.25) is 0 Å². The number of hydrogen-bond donors (Lipinski definition) is 0. The third-order valence-electron chi connectivity index (χ3n) is 8.59. The summed E-state index contributed by atoms with van der Waals surface area (Å²) < 4.78 is 13.1. The van der Waals surface area contributed by atoms with E-state index >= 15 is 0 Å². The SMILES string of the molecule is CCCCc1ccnc(-c2[c-]c3c(cc2)Oc2cc(CC)cc4c2B3c2[c-]c(-c3cc(CCCC)ccn3)ccc2O4)c1.[Pt+2]. The molecule has 0 amide bonds. The minimum absolute atomic E-state index is 0. The molecule has 4 heterocycles. The van der Waals surface area contributed by atoms with E-state index in [-0.39, 0.29) is 27.8 Å². The van der Waals surface area contributed by atoms with Gasteiger partial charge in [0, 0.05) is 29.4 Å². The molecule has 0 radical (unpaired) electrons. The van der Waals surface area contributed by atoms with Crippen LogP contribution in [0.3, 0.4) is 0 Å². The molecular formula is C38H35BN2O2Pt. The van der Waals surface area contributed by atoms with Gasteiger partial charge in [-0.2, -0.15) is 0 Å². The monoisotopic (exact) mass is 757 g/mol. The van der Waals surface area contributed by atoms with E-state index in [1.165, 1.54) is 29.5 Å². The van der Waals surface area contributed by atoms with Crippen molar-refractivity contribution in [3.63, 3.8) is 0 Å². The molecule has 5 aromatic rings. The number of ether oxygens (including phenoxy) is 2. The number of hydrogen-bond acceptors (Lipinski definition) is 4. The first-order chi connectivity index (χ1) is 21.1. The summed E-state index contributed by atoms with van der Waals surface area (Å²) in [5, 5.41) is 0. The van der Waals surface area contributed by atoms with Crippen molar-refractivity contribution in [3.05, 3.63) is 102 Å². The van der Waals surface area contributed by atoms with Gasteiger partial charge >= 0.3 is 21.1 Å². The van der Waals surface area contributed by atoms with Crippen LogP contribution < -0.4 is 25.9 Å². The molecule has 0 unspecified atom stereocenters. The van der Waals surface area contributed by atoms with Crippen molar-refractivity contribution >= 4 is 23.1 Å². The zero-order valence-corrected chi connectivity index (χ0v) is 27.8. The number of fused-ring (bicyclic) bond motifs is 4. The topological polar surface area (TPSA) is 44.2 Å². The van der Waals surface area contributed by atoms with Gasteiger partial charge in [0.25, 0.3) is 0 Å². The van der Waals surface area contributed by atoms with Crippen LogP contribution in [0.15, 0.2) is 73.1 Å². The summed E-state index contributed by atoms with van der Waals surface area (Å²) in [5.74, 6) is 3.32. The van der Waals surface area contributed by atoms with Crippen LogP contribution in [0.25, 0.3) is 22.5 Å². The van der Waals surface area contributed by atoms with Crippen molar-refractivity contribution < 1.29 is 30.5 Å². The molecule has 0 fully saturated rings. The van der Waals surface area contributed by atoms with Crippen molar-refractivity contribution in [2.24, 2.45) is 0 Å². The van der Waals surface area contributed by atoms with Gasteiger partial charge in [-0.25, -0.2) is 0 Å². The Morgan fingerprint density at radius 2 is 1.11 bits per heavy atom. The first kappa shape index (κ1) is 30.3. The van der Waals surface area contributed by atoms with E-state index < -0.39 is 0 Å². The van der Waals surface area contributed by atoms with E-state index in [0.717, 1.165) is 94.0 Å². The molecule has 2 aliphatic heterocycles. The third kappa shape index (κ3) is 5.75. The molecule has 0 N–H and O–H groups in total. The van der Waals surface area contributed by atoms with Crippen LogP contribution in [0, 0.1) is 12.1 Å². The Labute approximate surface area is 275 Å². The van der Waals surface area contributed by atoms with Gasteiger partial charge in [0.15, 0.2) is 0 Å². The van der Waals surface area contributed by atoms with Crippen LogP contribution in [-0.4, -0.2) is 16.7 Å². The molecule has 0 saturated carbocycles. The fourth-order valence-electron chi connectivity index (χ4n) is 6.20. The number of aromatic nitrogens is 2. The molecule has 0 aliphatic carbocycles. The summed E-state index contributed by atoms with van der Waals surface area (Å²) >= 11 is 0. The van der Waals surface area contributed by atoms with Crippen LogP contribution >= 0.6 is 0 Å². The van der Waals surface area contributed by atoms with Gasteiger partial charge in [-0.1, -0.05) is 56.9 Å². The molecule has 0 atom stereocenters. The summed E-state index contributed by atoms with van der Waals surface area (Å²) in [4.78, 5) is 9.46. The summed E-state index contributed by atoms with van der Waals surface area (Å²) in [6, 6.07) is 28.7.